The second-order valence-corrected chi connectivity index (χ2v) is 8.76. The minimum Gasteiger partial charge on any atom is -0.493 e. The quantitative estimate of drug-likeness (QED) is 0.491. The van der Waals surface area contributed by atoms with Gasteiger partial charge in [-0.3, -0.25) is 9.69 Å². The average molecular weight is 485 g/mol. The van der Waals surface area contributed by atoms with Gasteiger partial charge < -0.3 is 19.3 Å². The van der Waals surface area contributed by atoms with Crippen molar-refractivity contribution in [2.45, 2.75) is 25.8 Å². The maximum atomic E-state index is 12.8. The molecule has 8 nitrogen and oxygen atoms in total. The van der Waals surface area contributed by atoms with Crippen molar-refractivity contribution in [3.05, 3.63) is 58.9 Å². The Kier molecular flexibility index (Phi) is 8.03. The number of likely N-dealkylation sites (tertiary alicyclic amines) is 1. The van der Waals surface area contributed by atoms with Crippen molar-refractivity contribution in [2.24, 2.45) is 5.92 Å². The fraction of sp³-hybridized carbons (Fsp3) is 0.400. The number of hydrogen-bond acceptors (Lipinski definition) is 7. The van der Waals surface area contributed by atoms with E-state index in [2.05, 4.69) is 20.4 Å². The largest absolute Gasteiger partial charge is 0.493 e. The summed E-state index contributed by atoms with van der Waals surface area (Å²) in [6.07, 6.45) is 2.54. The standard InChI is InChI=1S/C25H29ClN4O4/c1-32-21-10-5-17(14-22(21)33-2)11-12-27-25(31)19-4-3-13-30(15-19)16-23-28-24(29-34-23)18-6-8-20(26)9-7-18/h5-10,14,19H,3-4,11-13,15-16H2,1-2H3,(H,27,31). The van der Waals surface area contributed by atoms with Crippen LogP contribution in [0.2, 0.25) is 5.02 Å². The Labute approximate surface area is 204 Å². The molecule has 0 aliphatic carbocycles. The molecule has 1 aliphatic rings. The van der Waals surface area contributed by atoms with Crippen molar-refractivity contribution in [1.29, 1.82) is 0 Å². The highest BCUT2D eigenvalue weighted by atomic mass is 35.5. The summed E-state index contributed by atoms with van der Waals surface area (Å²) < 4.78 is 16.1. The molecule has 1 atom stereocenters. The van der Waals surface area contributed by atoms with Crippen molar-refractivity contribution >= 4 is 17.5 Å². The highest BCUT2D eigenvalue weighted by Gasteiger charge is 2.26. The molecule has 1 aromatic heterocycles. The summed E-state index contributed by atoms with van der Waals surface area (Å²) in [5, 5.41) is 7.82. The number of rotatable bonds is 9. The van der Waals surface area contributed by atoms with E-state index in [4.69, 9.17) is 25.6 Å². The van der Waals surface area contributed by atoms with Gasteiger partial charge in [0.05, 0.1) is 26.7 Å². The number of nitrogens with one attached hydrogen (secondary N) is 1. The maximum Gasteiger partial charge on any atom is 0.241 e. The Hall–Kier alpha value is -3.10. The molecule has 0 radical (unpaired) electrons. The Morgan fingerprint density at radius 1 is 1.18 bits per heavy atom. The molecule has 0 bridgehead atoms. The molecule has 2 aromatic carbocycles. The molecule has 180 valence electrons. The summed E-state index contributed by atoms with van der Waals surface area (Å²) in [6.45, 7) is 2.66. The molecule has 1 aliphatic heterocycles. The van der Waals surface area contributed by atoms with Gasteiger partial charge in [0.15, 0.2) is 11.5 Å². The van der Waals surface area contributed by atoms with Crippen molar-refractivity contribution in [3.8, 4) is 22.9 Å². The number of carbonyl (C=O) groups is 1. The molecular formula is C25H29ClN4O4. The van der Waals surface area contributed by atoms with E-state index < -0.39 is 0 Å². The molecule has 0 spiro atoms. The van der Waals surface area contributed by atoms with E-state index in [9.17, 15) is 4.79 Å². The van der Waals surface area contributed by atoms with E-state index in [-0.39, 0.29) is 11.8 Å². The molecule has 1 unspecified atom stereocenters. The summed E-state index contributed by atoms with van der Waals surface area (Å²) >= 11 is 5.95. The van der Waals surface area contributed by atoms with Gasteiger partial charge in [-0.05, 0) is 67.8 Å². The molecule has 1 fully saturated rings. The third kappa shape index (κ3) is 6.07. The number of ether oxygens (including phenoxy) is 2. The number of piperidine rings is 1. The van der Waals surface area contributed by atoms with Gasteiger partial charge in [0.25, 0.3) is 0 Å². The number of methoxy groups -OCH3 is 2. The Bertz CT molecular complexity index is 1100. The van der Waals surface area contributed by atoms with Gasteiger partial charge in [0.2, 0.25) is 17.6 Å². The Morgan fingerprint density at radius 3 is 2.74 bits per heavy atom. The van der Waals surface area contributed by atoms with Crippen LogP contribution in [0.3, 0.4) is 0 Å². The van der Waals surface area contributed by atoms with E-state index >= 15 is 0 Å². The molecule has 34 heavy (non-hydrogen) atoms. The van der Waals surface area contributed by atoms with Crippen molar-refractivity contribution < 1.29 is 18.8 Å². The third-order valence-electron chi connectivity index (χ3n) is 5.97. The first-order valence-corrected chi connectivity index (χ1v) is 11.7. The lowest BCUT2D eigenvalue weighted by Gasteiger charge is -2.30. The van der Waals surface area contributed by atoms with E-state index in [0.717, 1.165) is 36.9 Å². The zero-order valence-electron chi connectivity index (χ0n) is 19.4. The van der Waals surface area contributed by atoms with Gasteiger partial charge in [-0.2, -0.15) is 4.98 Å². The molecule has 0 saturated carbocycles. The lowest BCUT2D eigenvalue weighted by atomic mass is 9.97. The maximum absolute atomic E-state index is 12.8. The number of hydrogen-bond donors (Lipinski definition) is 1. The summed E-state index contributed by atoms with van der Waals surface area (Å²) in [6, 6.07) is 13.1. The highest BCUT2D eigenvalue weighted by Crippen LogP contribution is 2.27. The zero-order chi connectivity index (χ0) is 23.9. The molecular weight excluding hydrogens is 456 g/mol. The number of benzene rings is 2. The minimum atomic E-state index is -0.0576. The van der Waals surface area contributed by atoms with Crippen LogP contribution >= 0.6 is 11.6 Å². The van der Waals surface area contributed by atoms with Crippen molar-refractivity contribution in [2.75, 3.05) is 33.9 Å². The Balaban J connectivity index is 1.26. The van der Waals surface area contributed by atoms with Crippen LogP contribution in [0.25, 0.3) is 11.4 Å². The van der Waals surface area contributed by atoms with Crippen LogP contribution < -0.4 is 14.8 Å². The van der Waals surface area contributed by atoms with Gasteiger partial charge in [-0.25, -0.2) is 0 Å². The first-order valence-electron chi connectivity index (χ1n) is 11.3. The van der Waals surface area contributed by atoms with Crippen LogP contribution in [-0.4, -0.2) is 54.8 Å². The first-order chi connectivity index (χ1) is 16.6. The molecule has 1 saturated heterocycles. The number of halogens is 1. The summed E-state index contributed by atoms with van der Waals surface area (Å²) in [4.78, 5) is 19.5. The monoisotopic (exact) mass is 484 g/mol. The Morgan fingerprint density at radius 2 is 1.97 bits per heavy atom. The molecule has 1 amide bonds. The molecule has 9 heteroatoms. The van der Waals surface area contributed by atoms with Crippen LogP contribution in [0, 0.1) is 5.92 Å². The van der Waals surface area contributed by atoms with E-state index in [1.165, 1.54) is 0 Å². The van der Waals surface area contributed by atoms with Crippen LogP contribution in [0.4, 0.5) is 0 Å². The normalized spacial score (nSPS) is 16.3. The van der Waals surface area contributed by atoms with Gasteiger partial charge in [-0.15, -0.1) is 0 Å². The smallest absolute Gasteiger partial charge is 0.241 e. The molecule has 2 heterocycles. The lowest BCUT2D eigenvalue weighted by molar-refractivity contribution is -0.126. The van der Waals surface area contributed by atoms with E-state index in [0.29, 0.717) is 47.9 Å². The second-order valence-electron chi connectivity index (χ2n) is 8.32. The van der Waals surface area contributed by atoms with Gasteiger partial charge >= 0.3 is 0 Å². The first kappa shape index (κ1) is 24.0. The fourth-order valence-electron chi connectivity index (χ4n) is 4.15. The van der Waals surface area contributed by atoms with Gasteiger partial charge in [-0.1, -0.05) is 22.8 Å². The third-order valence-corrected chi connectivity index (χ3v) is 6.22. The number of aromatic nitrogens is 2. The lowest BCUT2D eigenvalue weighted by Crippen LogP contribution is -2.43. The summed E-state index contributed by atoms with van der Waals surface area (Å²) in [7, 11) is 3.23. The second kappa shape index (κ2) is 11.4. The van der Waals surface area contributed by atoms with Crippen molar-refractivity contribution in [3.63, 3.8) is 0 Å². The topological polar surface area (TPSA) is 89.7 Å². The van der Waals surface area contributed by atoms with E-state index in [1.54, 1.807) is 26.4 Å². The fourth-order valence-corrected chi connectivity index (χ4v) is 4.28. The van der Waals surface area contributed by atoms with Crippen LogP contribution in [0.15, 0.2) is 47.0 Å². The van der Waals surface area contributed by atoms with Crippen LogP contribution in [-0.2, 0) is 17.8 Å². The highest BCUT2D eigenvalue weighted by molar-refractivity contribution is 6.30. The van der Waals surface area contributed by atoms with Crippen molar-refractivity contribution in [1.82, 2.24) is 20.4 Å². The SMILES string of the molecule is COc1ccc(CCNC(=O)C2CCCN(Cc3nc(-c4ccc(Cl)cc4)no3)C2)cc1OC. The molecule has 1 N–H and O–H groups in total. The zero-order valence-corrected chi connectivity index (χ0v) is 20.2. The number of carbonyl (C=O) groups excluding carboxylic acids is 1. The van der Waals surface area contributed by atoms with Crippen LogP contribution in [0.5, 0.6) is 11.5 Å². The predicted octanol–water partition coefficient (Wildman–Crippen LogP) is 3.98. The average Bonchev–Trinajstić information content (AvgIpc) is 3.32. The summed E-state index contributed by atoms with van der Waals surface area (Å²) in [5.41, 5.74) is 1.93. The number of amides is 1. The minimum absolute atomic E-state index is 0.0576. The van der Waals surface area contributed by atoms with Gasteiger partial charge in [0, 0.05) is 23.7 Å². The predicted molar refractivity (Wildman–Crippen MR) is 129 cm³/mol. The molecule has 3 aromatic rings. The van der Waals surface area contributed by atoms with Gasteiger partial charge in [0.1, 0.15) is 0 Å². The number of nitrogens with zero attached hydrogens (tertiary/aromatic N) is 3. The summed E-state index contributed by atoms with van der Waals surface area (Å²) in [5.74, 6) is 2.48. The van der Waals surface area contributed by atoms with E-state index in [1.807, 2.05) is 30.3 Å². The van der Waals surface area contributed by atoms with Crippen LogP contribution in [0.1, 0.15) is 24.3 Å². The molecule has 4 rings (SSSR count).